The van der Waals surface area contributed by atoms with Gasteiger partial charge in [0.05, 0.1) is 6.54 Å². The van der Waals surface area contributed by atoms with Gasteiger partial charge in [0.15, 0.2) is 5.82 Å². The molecule has 0 atom stereocenters. The van der Waals surface area contributed by atoms with Gasteiger partial charge < -0.3 is 10.8 Å². The number of fused-ring (bicyclic) bond motifs is 1. The van der Waals surface area contributed by atoms with Crippen molar-refractivity contribution in [3.63, 3.8) is 0 Å². The Kier molecular flexibility index (Phi) is 15.2. The van der Waals surface area contributed by atoms with Crippen molar-refractivity contribution in [2.24, 2.45) is 5.10 Å². The first-order chi connectivity index (χ1) is 17.0. The second kappa shape index (κ2) is 18.0. The lowest BCUT2D eigenvalue weighted by Crippen LogP contribution is -2.16. The van der Waals surface area contributed by atoms with E-state index in [1.165, 1.54) is 11.9 Å². The standard InChI is InChI=1S/C12H18N2.C11H16N4O.C5H8/c1-3-10-13-14(4-2)11-12-8-6-5-7-9-12;1-8-6-9(4-2-3-5-16)15-10(8)11(12)13-7-14-15;1-3-5-4-2/h5-10H,3-4,11H2,1-2H3;6-7,16H,2-5H2,1H3,(H2,12,13,14);3-5H,1H2,2H3/b13-10-;;5-4-. The molecule has 1 aromatic carbocycles. The number of aryl methyl sites for hydroxylation is 2. The number of benzene rings is 1. The molecule has 3 N–H and O–H groups in total. The topological polar surface area (TPSA) is 92.0 Å². The molecule has 0 bridgehead atoms. The molecule has 0 spiro atoms. The van der Waals surface area contributed by atoms with Crippen molar-refractivity contribution < 1.29 is 5.11 Å². The number of allylic oxidation sites excluding steroid dienone is 3. The molecular weight excluding hydrogens is 436 g/mol. The lowest BCUT2D eigenvalue weighted by atomic mass is 10.2. The highest BCUT2D eigenvalue weighted by atomic mass is 16.2. The minimum atomic E-state index is 0.236. The maximum Gasteiger partial charge on any atom is 0.151 e. The Morgan fingerprint density at radius 2 is 1.94 bits per heavy atom. The molecule has 0 saturated carbocycles. The molecule has 190 valence electrons. The molecule has 7 heteroatoms. The van der Waals surface area contributed by atoms with E-state index < -0.39 is 0 Å². The molecule has 0 saturated heterocycles. The van der Waals surface area contributed by atoms with Crippen LogP contribution in [0.3, 0.4) is 0 Å². The van der Waals surface area contributed by atoms with Crippen LogP contribution in [0.25, 0.3) is 5.52 Å². The summed E-state index contributed by atoms with van der Waals surface area (Å²) in [6.45, 7) is 13.7. The van der Waals surface area contributed by atoms with Crippen molar-refractivity contribution in [3.8, 4) is 0 Å². The molecule has 3 rings (SSSR count). The van der Waals surface area contributed by atoms with Crippen molar-refractivity contribution in [2.75, 3.05) is 18.9 Å². The lowest BCUT2D eigenvalue weighted by Gasteiger charge is -2.16. The van der Waals surface area contributed by atoms with Gasteiger partial charge in [0.25, 0.3) is 0 Å². The molecule has 0 aliphatic rings. The number of anilines is 1. The molecule has 2 heterocycles. The third kappa shape index (κ3) is 11.0. The van der Waals surface area contributed by atoms with Gasteiger partial charge >= 0.3 is 0 Å². The van der Waals surface area contributed by atoms with E-state index in [0.717, 1.165) is 55.5 Å². The summed E-state index contributed by atoms with van der Waals surface area (Å²) in [5.41, 5.74) is 10.2. The Morgan fingerprint density at radius 1 is 1.20 bits per heavy atom. The zero-order chi connectivity index (χ0) is 25.9. The van der Waals surface area contributed by atoms with E-state index in [4.69, 9.17) is 10.8 Å². The number of aliphatic hydroxyl groups excluding tert-OH is 1. The number of hydrogen-bond donors (Lipinski definition) is 2. The van der Waals surface area contributed by atoms with Crippen LogP contribution in [0.15, 0.2) is 72.6 Å². The molecule has 0 fully saturated rings. The smallest absolute Gasteiger partial charge is 0.151 e. The highest BCUT2D eigenvalue weighted by molar-refractivity contribution is 5.70. The van der Waals surface area contributed by atoms with Gasteiger partial charge in [-0.2, -0.15) is 10.2 Å². The number of unbranched alkanes of at least 4 members (excludes halogenated alkanes) is 1. The van der Waals surface area contributed by atoms with E-state index in [2.05, 4.69) is 71.0 Å². The van der Waals surface area contributed by atoms with Crippen LogP contribution in [-0.4, -0.2) is 44.1 Å². The maximum absolute atomic E-state index is 8.75. The van der Waals surface area contributed by atoms with E-state index in [1.54, 1.807) is 6.08 Å². The van der Waals surface area contributed by atoms with Crippen molar-refractivity contribution in [3.05, 3.63) is 84.4 Å². The number of hydrazone groups is 1. The fourth-order valence-electron chi connectivity index (χ4n) is 3.29. The summed E-state index contributed by atoms with van der Waals surface area (Å²) in [6.07, 6.45) is 12.6. The highest BCUT2D eigenvalue weighted by Crippen LogP contribution is 2.20. The molecule has 35 heavy (non-hydrogen) atoms. The summed E-state index contributed by atoms with van der Waals surface area (Å²) in [5.74, 6) is 0.515. The minimum absolute atomic E-state index is 0.236. The monoisotopic (exact) mass is 478 g/mol. The normalized spacial score (nSPS) is 10.7. The van der Waals surface area contributed by atoms with Gasteiger partial charge in [-0.3, -0.25) is 5.01 Å². The molecule has 7 nitrogen and oxygen atoms in total. The molecule has 0 aliphatic heterocycles. The van der Waals surface area contributed by atoms with Crippen LogP contribution in [0.2, 0.25) is 0 Å². The van der Waals surface area contributed by atoms with Crippen molar-refractivity contribution in [1.29, 1.82) is 0 Å². The summed E-state index contributed by atoms with van der Waals surface area (Å²) in [7, 11) is 0. The van der Waals surface area contributed by atoms with Crippen LogP contribution in [0.4, 0.5) is 5.82 Å². The molecule has 0 amide bonds. The first kappa shape index (κ1) is 29.6. The van der Waals surface area contributed by atoms with Crippen molar-refractivity contribution in [2.45, 2.75) is 59.9 Å². The van der Waals surface area contributed by atoms with Gasteiger partial charge in [0, 0.05) is 25.1 Å². The number of aromatic nitrogens is 3. The summed E-state index contributed by atoms with van der Waals surface area (Å²) in [4.78, 5) is 3.98. The Hall–Kier alpha value is -3.45. The lowest BCUT2D eigenvalue weighted by molar-refractivity contribution is 0.284. The number of nitrogens with two attached hydrogens (primary N) is 1. The Balaban J connectivity index is 0.000000297. The van der Waals surface area contributed by atoms with Crippen molar-refractivity contribution in [1.82, 2.24) is 19.6 Å². The number of hydrogen-bond acceptors (Lipinski definition) is 6. The summed E-state index contributed by atoms with van der Waals surface area (Å²) >= 11 is 0. The number of rotatable bonds is 10. The Bertz CT molecular complexity index is 1030. The van der Waals surface area contributed by atoms with Gasteiger partial charge in [0.2, 0.25) is 0 Å². The summed E-state index contributed by atoms with van der Waals surface area (Å²) in [5, 5.41) is 19.4. The number of nitrogen functional groups attached to an aromatic ring is 1. The number of aliphatic hydroxyl groups is 1. The van der Waals surface area contributed by atoms with E-state index >= 15 is 0 Å². The largest absolute Gasteiger partial charge is 0.396 e. The zero-order valence-corrected chi connectivity index (χ0v) is 21.8. The summed E-state index contributed by atoms with van der Waals surface area (Å²) in [6, 6.07) is 12.5. The fourth-order valence-corrected chi connectivity index (χ4v) is 3.29. The third-order valence-electron chi connectivity index (χ3n) is 5.02. The average molecular weight is 479 g/mol. The third-order valence-corrected chi connectivity index (χ3v) is 5.02. The van der Waals surface area contributed by atoms with Crippen LogP contribution in [-0.2, 0) is 13.0 Å². The first-order valence-corrected chi connectivity index (χ1v) is 12.3. The van der Waals surface area contributed by atoms with Crippen LogP contribution >= 0.6 is 0 Å². The van der Waals surface area contributed by atoms with Crippen LogP contribution in [0, 0.1) is 6.92 Å². The molecule has 3 aromatic rings. The van der Waals surface area contributed by atoms with E-state index in [-0.39, 0.29) is 6.61 Å². The Labute approximate surface area is 210 Å². The van der Waals surface area contributed by atoms with Gasteiger partial charge in [-0.25, -0.2) is 9.50 Å². The molecule has 0 radical (unpaired) electrons. The second-order valence-corrected chi connectivity index (χ2v) is 7.84. The van der Waals surface area contributed by atoms with Crippen LogP contribution in [0.1, 0.15) is 56.9 Å². The molecular formula is C28H42N6O. The van der Waals surface area contributed by atoms with Gasteiger partial charge in [0.1, 0.15) is 11.8 Å². The predicted octanol–water partition coefficient (Wildman–Crippen LogP) is 5.59. The zero-order valence-electron chi connectivity index (χ0n) is 21.8. The van der Waals surface area contributed by atoms with E-state index in [9.17, 15) is 0 Å². The van der Waals surface area contributed by atoms with Crippen LogP contribution < -0.4 is 5.73 Å². The molecule has 2 aromatic heterocycles. The van der Waals surface area contributed by atoms with E-state index in [0.29, 0.717) is 5.82 Å². The first-order valence-electron chi connectivity index (χ1n) is 12.3. The average Bonchev–Trinajstić information content (AvgIpc) is 3.20. The SMILES string of the molecule is C=C/C=C\C.CC/C=N\N(CC)Cc1ccccc1.Cc1cc(CCCCO)n2ncnc(N)c12. The predicted molar refractivity (Wildman–Crippen MR) is 148 cm³/mol. The van der Waals surface area contributed by atoms with Crippen LogP contribution in [0.5, 0.6) is 0 Å². The quantitative estimate of drug-likeness (QED) is 0.172. The van der Waals surface area contributed by atoms with Gasteiger partial charge in [-0.05, 0) is 63.6 Å². The van der Waals surface area contributed by atoms with E-state index in [1.807, 2.05) is 42.8 Å². The van der Waals surface area contributed by atoms with Gasteiger partial charge in [-0.1, -0.05) is 62.1 Å². The Morgan fingerprint density at radius 3 is 2.51 bits per heavy atom. The minimum Gasteiger partial charge on any atom is -0.396 e. The molecule has 0 unspecified atom stereocenters. The van der Waals surface area contributed by atoms with Gasteiger partial charge in [-0.15, -0.1) is 0 Å². The second-order valence-electron chi connectivity index (χ2n) is 7.84. The fraction of sp³-hybridized carbons (Fsp3) is 0.393. The highest BCUT2D eigenvalue weighted by Gasteiger charge is 2.09. The summed E-state index contributed by atoms with van der Waals surface area (Å²) < 4.78 is 1.84. The maximum atomic E-state index is 8.75. The number of nitrogens with zero attached hydrogens (tertiary/aromatic N) is 5. The van der Waals surface area contributed by atoms with Crippen molar-refractivity contribution >= 4 is 17.5 Å². The molecule has 0 aliphatic carbocycles.